The SMILES string of the molecule is CC(C)[C@H](N)C(=O)N[C@@H](Cc1ccc(O)cc1)C(=O)N[C@H](C(=O)O)[C@@H](C)O. The first-order chi connectivity index (χ1) is 12.5. The molecule has 1 aromatic rings. The maximum Gasteiger partial charge on any atom is 0.328 e. The molecule has 0 aliphatic heterocycles. The largest absolute Gasteiger partial charge is 0.508 e. The van der Waals surface area contributed by atoms with E-state index in [9.17, 15) is 24.6 Å². The maximum absolute atomic E-state index is 12.6. The molecule has 1 aromatic carbocycles. The molecule has 150 valence electrons. The predicted molar refractivity (Wildman–Crippen MR) is 97.8 cm³/mol. The third-order valence-corrected chi connectivity index (χ3v) is 4.08. The number of carboxylic acids is 1. The number of hydrogen-bond donors (Lipinski definition) is 6. The summed E-state index contributed by atoms with van der Waals surface area (Å²) in [5, 5.41) is 32.8. The van der Waals surface area contributed by atoms with Crippen LogP contribution in [0.5, 0.6) is 5.75 Å². The lowest BCUT2D eigenvalue weighted by molar-refractivity contribution is -0.145. The van der Waals surface area contributed by atoms with Gasteiger partial charge in [0.25, 0.3) is 0 Å². The zero-order valence-electron chi connectivity index (χ0n) is 15.5. The number of nitrogens with one attached hydrogen (secondary N) is 2. The summed E-state index contributed by atoms with van der Waals surface area (Å²) in [5.41, 5.74) is 6.44. The Bertz CT molecular complexity index is 660. The molecule has 9 nitrogen and oxygen atoms in total. The Morgan fingerprint density at radius 1 is 1.04 bits per heavy atom. The molecule has 0 unspecified atom stereocenters. The number of carboxylic acid groups (broad SMARTS) is 1. The predicted octanol–water partition coefficient (Wildman–Crippen LogP) is -0.647. The van der Waals surface area contributed by atoms with E-state index in [0.717, 1.165) is 0 Å². The van der Waals surface area contributed by atoms with Crippen LogP contribution in [0.3, 0.4) is 0 Å². The van der Waals surface area contributed by atoms with Gasteiger partial charge >= 0.3 is 5.97 Å². The minimum absolute atomic E-state index is 0.0469. The standard InChI is InChI=1S/C18H27N3O6/c1-9(2)14(19)17(25)20-13(8-11-4-6-12(23)7-5-11)16(24)21-15(10(3)22)18(26)27/h4-7,9-10,13-15,22-23H,8,19H2,1-3H3,(H,20,25)(H,21,24)(H,26,27)/t10-,13+,14+,15+/m1/s1. The molecule has 1 rings (SSSR count). The fourth-order valence-electron chi connectivity index (χ4n) is 2.29. The van der Waals surface area contributed by atoms with Gasteiger partial charge in [0.05, 0.1) is 12.1 Å². The minimum atomic E-state index is -1.52. The van der Waals surface area contributed by atoms with Crippen molar-refractivity contribution in [3.63, 3.8) is 0 Å². The minimum Gasteiger partial charge on any atom is -0.508 e. The van der Waals surface area contributed by atoms with Crippen molar-refractivity contribution in [3.8, 4) is 5.75 Å². The Morgan fingerprint density at radius 3 is 2.04 bits per heavy atom. The van der Waals surface area contributed by atoms with Crippen LogP contribution in [-0.2, 0) is 20.8 Å². The number of aromatic hydroxyl groups is 1. The Balaban J connectivity index is 3.00. The third kappa shape index (κ3) is 6.87. The van der Waals surface area contributed by atoms with Crippen molar-refractivity contribution < 1.29 is 29.7 Å². The number of amides is 2. The van der Waals surface area contributed by atoms with E-state index < -0.39 is 42.0 Å². The highest BCUT2D eigenvalue weighted by Crippen LogP contribution is 2.12. The smallest absolute Gasteiger partial charge is 0.328 e. The molecule has 0 saturated heterocycles. The lowest BCUT2D eigenvalue weighted by Crippen LogP contribution is -2.57. The van der Waals surface area contributed by atoms with Crippen molar-refractivity contribution in [1.82, 2.24) is 10.6 Å². The van der Waals surface area contributed by atoms with E-state index in [-0.39, 0.29) is 18.1 Å². The van der Waals surface area contributed by atoms with Crippen molar-refractivity contribution in [2.45, 2.75) is 51.4 Å². The van der Waals surface area contributed by atoms with Crippen LogP contribution >= 0.6 is 0 Å². The summed E-state index contributed by atoms with van der Waals surface area (Å²) in [6.07, 6.45) is -1.27. The summed E-state index contributed by atoms with van der Waals surface area (Å²) in [7, 11) is 0. The van der Waals surface area contributed by atoms with E-state index in [1.54, 1.807) is 26.0 Å². The molecule has 0 radical (unpaired) electrons. The highest BCUT2D eigenvalue weighted by molar-refractivity contribution is 5.92. The third-order valence-electron chi connectivity index (χ3n) is 4.08. The van der Waals surface area contributed by atoms with Crippen LogP contribution in [0.15, 0.2) is 24.3 Å². The van der Waals surface area contributed by atoms with Crippen molar-refractivity contribution in [1.29, 1.82) is 0 Å². The van der Waals surface area contributed by atoms with Crippen LogP contribution in [-0.4, -0.2) is 57.3 Å². The number of benzene rings is 1. The molecule has 0 spiro atoms. The van der Waals surface area contributed by atoms with Crippen molar-refractivity contribution in [2.75, 3.05) is 0 Å². The molecule has 4 atom stereocenters. The van der Waals surface area contributed by atoms with Crippen LogP contribution in [0.2, 0.25) is 0 Å². The average Bonchev–Trinajstić information content (AvgIpc) is 2.59. The van der Waals surface area contributed by atoms with Gasteiger partial charge in [0.1, 0.15) is 11.8 Å². The molecule has 9 heteroatoms. The highest BCUT2D eigenvalue weighted by atomic mass is 16.4. The van der Waals surface area contributed by atoms with Gasteiger partial charge in [0, 0.05) is 6.42 Å². The Labute approximate surface area is 157 Å². The molecule has 0 aliphatic carbocycles. The number of aliphatic hydroxyl groups is 1. The summed E-state index contributed by atoms with van der Waals surface area (Å²) in [6.45, 7) is 4.75. The first kappa shape index (κ1) is 22.4. The number of nitrogens with two attached hydrogens (primary N) is 1. The lowest BCUT2D eigenvalue weighted by Gasteiger charge is -2.24. The van der Waals surface area contributed by atoms with E-state index in [2.05, 4.69) is 10.6 Å². The number of rotatable bonds is 9. The molecule has 27 heavy (non-hydrogen) atoms. The van der Waals surface area contributed by atoms with Gasteiger partial charge in [-0.25, -0.2) is 4.79 Å². The molecule has 0 aliphatic rings. The van der Waals surface area contributed by atoms with E-state index in [1.807, 2.05) is 0 Å². The summed E-state index contributed by atoms with van der Waals surface area (Å²) in [4.78, 5) is 36.1. The van der Waals surface area contributed by atoms with Crippen LogP contribution in [0, 0.1) is 5.92 Å². The van der Waals surface area contributed by atoms with Gasteiger partial charge in [0.15, 0.2) is 6.04 Å². The topological polar surface area (TPSA) is 162 Å². The van der Waals surface area contributed by atoms with Gasteiger partial charge in [-0.1, -0.05) is 26.0 Å². The fourth-order valence-corrected chi connectivity index (χ4v) is 2.29. The molecule has 0 fully saturated rings. The Kier molecular flexibility index (Phi) is 8.20. The Hall–Kier alpha value is -2.65. The van der Waals surface area contributed by atoms with E-state index in [0.29, 0.717) is 5.56 Å². The van der Waals surface area contributed by atoms with Gasteiger partial charge in [-0.15, -0.1) is 0 Å². The van der Waals surface area contributed by atoms with Crippen molar-refractivity contribution in [3.05, 3.63) is 29.8 Å². The van der Waals surface area contributed by atoms with Crippen molar-refractivity contribution >= 4 is 17.8 Å². The number of carbonyl (C=O) groups is 3. The summed E-state index contributed by atoms with van der Waals surface area (Å²) in [6, 6.07) is 2.56. The van der Waals surface area contributed by atoms with Gasteiger partial charge < -0.3 is 31.7 Å². The van der Waals surface area contributed by atoms with Crippen LogP contribution < -0.4 is 16.4 Å². The van der Waals surface area contributed by atoms with Gasteiger partial charge in [-0.3, -0.25) is 9.59 Å². The fraction of sp³-hybridized carbons (Fsp3) is 0.500. The van der Waals surface area contributed by atoms with Crippen LogP contribution in [0.25, 0.3) is 0 Å². The van der Waals surface area contributed by atoms with E-state index >= 15 is 0 Å². The number of hydrogen-bond acceptors (Lipinski definition) is 6. The van der Waals surface area contributed by atoms with E-state index in [4.69, 9.17) is 10.8 Å². The van der Waals surface area contributed by atoms with Gasteiger partial charge in [-0.05, 0) is 30.5 Å². The molecule has 0 heterocycles. The number of phenols is 1. The van der Waals surface area contributed by atoms with Gasteiger partial charge in [-0.2, -0.15) is 0 Å². The quantitative estimate of drug-likeness (QED) is 0.331. The zero-order chi connectivity index (χ0) is 20.7. The highest BCUT2D eigenvalue weighted by Gasteiger charge is 2.30. The van der Waals surface area contributed by atoms with Crippen molar-refractivity contribution in [2.24, 2.45) is 11.7 Å². The summed E-state index contributed by atoms with van der Waals surface area (Å²) >= 11 is 0. The second kappa shape index (κ2) is 9.89. The second-order valence-electron chi connectivity index (χ2n) is 6.77. The Morgan fingerprint density at radius 2 is 1.59 bits per heavy atom. The molecular formula is C18H27N3O6. The molecule has 7 N–H and O–H groups in total. The molecule has 2 amide bonds. The summed E-state index contributed by atoms with van der Waals surface area (Å²) < 4.78 is 0. The number of aliphatic carboxylic acids is 1. The van der Waals surface area contributed by atoms with Crippen LogP contribution in [0.1, 0.15) is 26.3 Å². The first-order valence-corrected chi connectivity index (χ1v) is 8.58. The molecule has 0 saturated carbocycles. The van der Waals surface area contributed by atoms with Gasteiger partial charge in [0.2, 0.25) is 11.8 Å². The van der Waals surface area contributed by atoms with E-state index in [1.165, 1.54) is 19.1 Å². The lowest BCUT2D eigenvalue weighted by atomic mass is 10.0. The average molecular weight is 381 g/mol. The number of phenolic OH excluding ortho intramolecular Hbond substituents is 1. The maximum atomic E-state index is 12.6. The summed E-state index contributed by atoms with van der Waals surface area (Å²) in [5.74, 6) is -2.82. The monoisotopic (exact) mass is 381 g/mol. The first-order valence-electron chi connectivity index (χ1n) is 8.58. The number of aliphatic hydroxyl groups excluding tert-OH is 1. The normalized spacial score (nSPS) is 15.5. The molecule has 0 aromatic heterocycles. The zero-order valence-corrected chi connectivity index (χ0v) is 15.5. The molecular weight excluding hydrogens is 354 g/mol. The second-order valence-corrected chi connectivity index (χ2v) is 6.77. The molecule has 0 bridgehead atoms. The number of carbonyl (C=O) groups excluding carboxylic acids is 2. The van der Waals surface area contributed by atoms with Crippen LogP contribution in [0.4, 0.5) is 0 Å².